The van der Waals surface area contributed by atoms with E-state index in [0.717, 1.165) is 5.69 Å². The van der Waals surface area contributed by atoms with E-state index in [-0.39, 0.29) is 11.8 Å². The Kier molecular flexibility index (Phi) is 3.62. The molecule has 0 spiro atoms. The molecule has 1 fully saturated rings. The first-order chi connectivity index (χ1) is 8.06. The summed E-state index contributed by atoms with van der Waals surface area (Å²) in [6.07, 6.45) is 5.22. The highest BCUT2D eigenvalue weighted by Gasteiger charge is 2.29. The van der Waals surface area contributed by atoms with Crippen LogP contribution in [0.15, 0.2) is 12.3 Å². The van der Waals surface area contributed by atoms with Gasteiger partial charge in [0.05, 0.1) is 12.1 Å². The molecule has 17 heavy (non-hydrogen) atoms. The quantitative estimate of drug-likeness (QED) is 0.816. The van der Waals surface area contributed by atoms with Gasteiger partial charge in [-0.2, -0.15) is 5.10 Å². The normalized spacial score (nSPS) is 17.4. The van der Waals surface area contributed by atoms with E-state index in [0.29, 0.717) is 24.8 Å². The first-order valence-electron chi connectivity index (χ1n) is 6.37. The molecule has 1 aromatic rings. The Morgan fingerprint density at radius 2 is 2.29 bits per heavy atom. The van der Waals surface area contributed by atoms with Crippen LogP contribution in [0.2, 0.25) is 0 Å². The lowest BCUT2D eigenvalue weighted by atomic mass is 10.0. The highest BCUT2D eigenvalue weighted by molar-refractivity contribution is 5.81. The molecule has 0 radical (unpaired) electrons. The van der Waals surface area contributed by atoms with Crippen LogP contribution in [0, 0.1) is 5.92 Å². The van der Waals surface area contributed by atoms with E-state index >= 15 is 0 Å². The van der Waals surface area contributed by atoms with Crippen molar-refractivity contribution < 1.29 is 4.79 Å². The van der Waals surface area contributed by atoms with E-state index in [4.69, 9.17) is 5.73 Å². The largest absolute Gasteiger partial charge is 0.327 e. The summed E-state index contributed by atoms with van der Waals surface area (Å²) in [6.45, 7) is 4.14. The fourth-order valence-electron chi connectivity index (χ4n) is 1.99. The van der Waals surface area contributed by atoms with Crippen LogP contribution >= 0.6 is 0 Å². The molecule has 1 saturated carbocycles. The van der Waals surface area contributed by atoms with Crippen molar-refractivity contribution in [3.8, 4) is 0 Å². The summed E-state index contributed by atoms with van der Waals surface area (Å²) in [5.41, 5.74) is 6.79. The number of Topliss-reactive ketones (excluding diaryl/α,β-unsaturated/α-hetero) is 1. The maximum atomic E-state index is 11.8. The van der Waals surface area contributed by atoms with Gasteiger partial charge in [-0.25, -0.2) is 0 Å². The van der Waals surface area contributed by atoms with Crippen molar-refractivity contribution in [2.45, 2.75) is 51.6 Å². The van der Waals surface area contributed by atoms with Crippen LogP contribution in [0.5, 0.6) is 0 Å². The molecule has 4 nitrogen and oxygen atoms in total. The lowest BCUT2D eigenvalue weighted by Crippen LogP contribution is -2.26. The Labute approximate surface area is 102 Å². The summed E-state index contributed by atoms with van der Waals surface area (Å²) in [7, 11) is 0. The first-order valence-corrected chi connectivity index (χ1v) is 6.37. The number of carbonyl (C=O) groups is 1. The number of aromatic nitrogens is 2. The molecule has 1 aromatic heterocycles. The maximum Gasteiger partial charge on any atom is 0.140 e. The van der Waals surface area contributed by atoms with Gasteiger partial charge in [0, 0.05) is 24.7 Å². The lowest BCUT2D eigenvalue weighted by Gasteiger charge is -2.08. The summed E-state index contributed by atoms with van der Waals surface area (Å²) in [6, 6.07) is 2.32. The molecule has 0 amide bonds. The van der Waals surface area contributed by atoms with Crippen molar-refractivity contribution in [1.82, 2.24) is 9.78 Å². The van der Waals surface area contributed by atoms with Gasteiger partial charge in [0.1, 0.15) is 5.78 Å². The molecule has 1 unspecified atom stereocenters. The fourth-order valence-corrected chi connectivity index (χ4v) is 1.99. The van der Waals surface area contributed by atoms with Crippen molar-refractivity contribution in [3.63, 3.8) is 0 Å². The Morgan fingerprint density at radius 1 is 1.59 bits per heavy atom. The summed E-state index contributed by atoms with van der Waals surface area (Å²) in [5, 5.41) is 4.37. The highest BCUT2D eigenvalue weighted by atomic mass is 16.1. The summed E-state index contributed by atoms with van der Waals surface area (Å²) in [5.74, 6) is 0.797. The minimum Gasteiger partial charge on any atom is -0.327 e. The zero-order chi connectivity index (χ0) is 12.4. The monoisotopic (exact) mass is 235 g/mol. The third-order valence-corrected chi connectivity index (χ3v) is 3.26. The van der Waals surface area contributed by atoms with E-state index in [1.807, 2.05) is 16.9 Å². The van der Waals surface area contributed by atoms with Gasteiger partial charge in [0.15, 0.2) is 0 Å². The molecule has 0 aliphatic heterocycles. The average Bonchev–Trinajstić information content (AvgIpc) is 2.99. The molecule has 4 heteroatoms. The molecule has 2 N–H and O–H groups in total. The zero-order valence-corrected chi connectivity index (χ0v) is 10.6. The van der Waals surface area contributed by atoms with E-state index in [9.17, 15) is 4.79 Å². The molecule has 0 saturated heterocycles. The van der Waals surface area contributed by atoms with E-state index in [1.165, 1.54) is 12.8 Å². The van der Waals surface area contributed by atoms with Crippen LogP contribution in [0.3, 0.4) is 0 Å². The Balaban J connectivity index is 1.84. The molecular weight excluding hydrogens is 214 g/mol. The first kappa shape index (κ1) is 12.3. The number of nitrogens with two attached hydrogens (primary N) is 1. The van der Waals surface area contributed by atoms with Crippen molar-refractivity contribution in [3.05, 3.63) is 18.0 Å². The van der Waals surface area contributed by atoms with Crippen LogP contribution in [-0.4, -0.2) is 21.6 Å². The molecular formula is C13H21N3O. The van der Waals surface area contributed by atoms with Gasteiger partial charge in [-0.15, -0.1) is 0 Å². The van der Waals surface area contributed by atoms with Crippen molar-refractivity contribution >= 4 is 5.78 Å². The van der Waals surface area contributed by atoms with Crippen LogP contribution in [0.25, 0.3) is 0 Å². The third kappa shape index (κ3) is 3.40. The average molecular weight is 235 g/mol. The molecule has 1 aliphatic carbocycles. The van der Waals surface area contributed by atoms with Gasteiger partial charge in [-0.1, -0.05) is 0 Å². The van der Waals surface area contributed by atoms with Crippen LogP contribution in [0.1, 0.15) is 44.8 Å². The van der Waals surface area contributed by atoms with Gasteiger partial charge in [0.25, 0.3) is 0 Å². The highest BCUT2D eigenvalue weighted by Crippen LogP contribution is 2.32. The minimum absolute atomic E-state index is 0.0645. The number of rotatable bonds is 6. The predicted molar refractivity (Wildman–Crippen MR) is 66.6 cm³/mol. The van der Waals surface area contributed by atoms with Crippen LogP contribution in [-0.2, 0) is 11.2 Å². The molecule has 0 aromatic carbocycles. The van der Waals surface area contributed by atoms with Gasteiger partial charge in [-0.3, -0.25) is 9.48 Å². The molecule has 0 bridgehead atoms. The number of carbonyl (C=O) groups excluding carboxylic acids is 1. The second kappa shape index (κ2) is 5.00. The van der Waals surface area contributed by atoms with Gasteiger partial charge < -0.3 is 5.73 Å². The van der Waals surface area contributed by atoms with Gasteiger partial charge in [-0.05, 0) is 38.7 Å². The van der Waals surface area contributed by atoms with Gasteiger partial charge in [0.2, 0.25) is 0 Å². The molecule has 1 aliphatic rings. The number of hydrogen-bond acceptors (Lipinski definition) is 3. The van der Waals surface area contributed by atoms with Gasteiger partial charge >= 0.3 is 0 Å². The number of ketones is 1. The maximum absolute atomic E-state index is 11.8. The number of hydrogen-bond donors (Lipinski definition) is 1. The summed E-state index contributed by atoms with van der Waals surface area (Å²) < 4.78 is 1.88. The van der Waals surface area contributed by atoms with E-state index < -0.39 is 0 Å². The molecule has 1 atom stereocenters. The fraction of sp³-hybridized carbons (Fsp3) is 0.692. The van der Waals surface area contributed by atoms with Crippen LogP contribution in [0.4, 0.5) is 0 Å². The molecule has 2 rings (SSSR count). The second-order valence-corrected chi connectivity index (χ2v) is 5.30. The zero-order valence-electron chi connectivity index (χ0n) is 10.6. The molecule has 94 valence electrons. The Hall–Kier alpha value is -1.16. The number of nitrogens with zero attached hydrogens (tertiary/aromatic N) is 2. The predicted octanol–water partition coefficient (Wildman–Crippen LogP) is 1.70. The smallest absolute Gasteiger partial charge is 0.140 e. The van der Waals surface area contributed by atoms with Crippen molar-refractivity contribution in [1.29, 1.82) is 0 Å². The van der Waals surface area contributed by atoms with E-state index in [1.54, 1.807) is 0 Å². The summed E-state index contributed by atoms with van der Waals surface area (Å²) >= 11 is 0. The second-order valence-electron chi connectivity index (χ2n) is 5.30. The van der Waals surface area contributed by atoms with Crippen molar-refractivity contribution in [2.75, 3.05) is 0 Å². The SMILES string of the molecule is CC(C)n1ccc(CC(=O)CC(N)C2CC2)n1. The van der Waals surface area contributed by atoms with E-state index in [2.05, 4.69) is 18.9 Å². The van der Waals surface area contributed by atoms with Crippen LogP contribution < -0.4 is 5.73 Å². The molecule has 1 heterocycles. The topological polar surface area (TPSA) is 60.9 Å². The minimum atomic E-state index is 0.0645. The Morgan fingerprint density at radius 3 is 2.82 bits per heavy atom. The Bertz CT molecular complexity index is 393. The lowest BCUT2D eigenvalue weighted by molar-refractivity contribution is -0.118. The summed E-state index contributed by atoms with van der Waals surface area (Å²) in [4.78, 5) is 11.8. The third-order valence-electron chi connectivity index (χ3n) is 3.26. The standard InChI is InChI=1S/C13H21N3O/c1-9(2)16-6-5-11(15-16)7-12(17)8-13(14)10-3-4-10/h5-6,9-10,13H,3-4,7-8,14H2,1-2H3. The van der Waals surface area contributed by atoms with Crippen molar-refractivity contribution in [2.24, 2.45) is 11.7 Å².